The molecule has 142 valence electrons. The first-order valence-corrected chi connectivity index (χ1v) is 9.06. The predicted molar refractivity (Wildman–Crippen MR) is 100 cm³/mol. The monoisotopic (exact) mass is 377 g/mol. The van der Waals surface area contributed by atoms with E-state index < -0.39 is 6.10 Å². The third-order valence-corrected chi connectivity index (χ3v) is 6.18. The maximum atomic E-state index is 10.1. The van der Waals surface area contributed by atoms with Crippen LogP contribution in [0, 0.1) is 6.92 Å². The molecule has 1 aromatic rings. The number of ether oxygens (including phenoxy) is 2. The van der Waals surface area contributed by atoms with Crippen molar-refractivity contribution in [1.29, 1.82) is 0 Å². The first-order chi connectivity index (χ1) is 11.8. The highest BCUT2D eigenvalue weighted by molar-refractivity contribution is 5.74. The van der Waals surface area contributed by atoms with Gasteiger partial charge in [-0.15, -0.1) is 0 Å². The number of nitrogens with zero attached hydrogens (tertiary/aromatic N) is 1. The minimum atomic E-state index is -0.432. The predicted octanol–water partition coefficient (Wildman–Crippen LogP) is 0.244. The van der Waals surface area contributed by atoms with Crippen molar-refractivity contribution in [2.75, 3.05) is 27.2 Å². The Labute approximate surface area is 162 Å². The Bertz CT molecular complexity index is 790. The van der Waals surface area contributed by atoms with Crippen LogP contribution in [0.1, 0.15) is 30.9 Å². The molecule has 5 heteroatoms. The van der Waals surface area contributed by atoms with Crippen LogP contribution in [-0.2, 0) is 5.41 Å². The third-order valence-electron chi connectivity index (χ3n) is 6.18. The van der Waals surface area contributed by atoms with Gasteiger partial charge in [0.05, 0.1) is 37.8 Å². The van der Waals surface area contributed by atoms with Crippen LogP contribution >= 0.6 is 0 Å². The van der Waals surface area contributed by atoms with Crippen molar-refractivity contribution in [3.05, 3.63) is 41.5 Å². The van der Waals surface area contributed by atoms with E-state index in [-0.39, 0.29) is 23.9 Å². The largest absolute Gasteiger partial charge is 1.00 e. The van der Waals surface area contributed by atoms with Crippen molar-refractivity contribution in [3.63, 3.8) is 0 Å². The molecule has 1 aromatic carbocycles. The number of methoxy groups -OCH3 is 1. The third kappa shape index (κ3) is 2.50. The lowest BCUT2D eigenvalue weighted by atomic mass is 9.66. The zero-order valence-electron chi connectivity index (χ0n) is 16.0. The quantitative estimate of drug-likeness (QED) is 0.606. The number of aliphatic hydroxyl groups excluding tert-OH is 1. The van der Waals surface area contributed by atoms with Gasteiger partial charge < -0.3 is 27.0 Å². The van der Waals surface area contributed by atoms with Gasteiger partial charge in [-0.05, 0) is 25.5 Å². The number of rotatable bonds is 3. The smallest absolute Gasteiger partial charge is 0.171 e. The van der Waals surface area contributed by atoms with Crippen molar-refractivity contribution in [3.8, 4) is 11.5 Å². The summed E-state index contributed by atoms with van der Waals surface area (Å²) in [5.41, 5.74) is 4.89. The molecule has 4 atom stereocenters. The van der Waals surface area contributed by atoms with Crippen LogP contribution in [0.5, 0.6) is 11.5 Å². The molecular formula is C21H28ClNO3. The first-order valence-electron chi connectivity index (χ1n) is 9.06. The molecule has 0 saturated carbocycles. The topological polar surface area (TPSA) is 38.7 Å². The lowest BCUT2D eigenvalue weighted by Crippen LogP contribution is -3.00. The van der Waals surface area contributed by atoms with E-state index in [4.69, 9.17) is 9.47 Å². The number of aliphatic hydroxyl groups is 1. The molecule has 0 saturated heterocycles. The zero-order chi connectivity index (χ0) is 18.0. The van der Waals surface area contributed by atoms with Crippen LogP contribution in [0.4, 0.5) is 5.69 Å². The van der Waals surface area contributed by atoms with Crippen LogP contribution in [0.2, 0.25) is 0 Å². The fraction of sp³-hybridized carbons (Fsp3) is 0.524. The van der Waals surface area contributed by atoms with Gasteiger partial charge in [-0.1, -0.05) is 18.7 Å². The van der Waals surface area contributed by atoms with Gasteiger partial charge in [0, 0.05) is 18.4 Å². The number of aryl methyl sites for hydroxylation is 1. The lowest BCUT2D eigenvalue weighted by Gasteiger charge is -2.47. The van der Waals surface area contributed by atoms with Gasteiger partial charge in [0.2, 0.25) is 0 Å². The first kappa shape index (κ1) is 19.3. The normalized spacial score (nSPS) is 33.6. The maximum Gasteiger partial charge on any atom is 0.171 e. The van der Waals surface area contributed by atoms with Crippen LogP contribution in [0.15, 0.2) is 30.4 Å². The van der Waals surface area contributed by atoms with Crippen molar-refractivity contribution >= 4 is 5.69 Å². The Hall–Kier alpha value is -1.49. The molecule has 2 aliphatic heterocycles. The van der Waals surface area contributed by atoms with Gasteiger partial charge in [0.25, 0.3) is 0 Å². The van der Waals surface area contributed by atoms with Crippen LogP contribution in [0.25, 0.3) is 0 Å². The van der Waals surface area contributed by atoms with E-state index in [1.54, 1.807) is 7.11 Å². The van der Waals surface area contributed by atoms with Crippen LogP contribution in [0.3, 0.4) is 0 Å². The molecule has 3 unspecified atom stereocenters. The molecule has 1 aliphatic carbocycles. The Balaban J connectivity index is 0.00000196. The summed E-state index contributed by atoms with van der Waals surface area (Å²) >= 11 is 0. The zero-order valence-corrected chi connectivity index (χ0v) is 16.8. The van der Waals surface area contributed by atoms with Crippen molar-refractivity contribution in [1.82, 2.24) is 4.48 Å². The van der Waals surface area contributed by atoms with Gasteiger partial charge in [0.15, 0.2) is 11.5 Å². The molecule has 1 N–H and O–H groups in total. The summed E-state index contributed by atoms with van der Waals surface area (Å²) in [6.45, 7) is 10.4. The fourth-order valence-electron chi connectivity index (χ4n) is 5.26. The number of benzene rings is 1. The average Bonchev–Trinajstić information content (AvgIpc) is 2.86. The number of hydrogen-bond acceptors (Lipinski definition) is 3. The van der Waals surface area contributed by atoms with E-state index in [0.717, 1.165) is 35.5 Å². The van der Waals surface area contributed by atoms with Gasteiger partial charge in [0.1, 0.15) is 18.3 Å². The van der Waals surface area contributed by atoms with E-state index in [1.807, 2.05) is 6.08 Å². The summed E-state index contributed by atoms with van der Waals surface area (Å²) in [6, 6.07) is 2.10. The van der Waals surface area contributed by atoms with E-state index in [0.29, 0.717) is 6.42 Å². The highest BCUT2D eigenvalue weighted by Gasteiger charge is 2.58. The molecule has 0 radical (unpaired) electrons. The van der Waals surface area contributed by atoms with Gasteiger partial charge >= 0.3 is 0 Å². The molecule has 0 aromatic heterocycles. The highest BCUT2D eigenvalue weighted by atomic mass is 35.5. The van der Waals surface area contributed by atoms with Gasteiger partial charge in [-0.3, -0.25) is 4.48 Å². The molecular weight excluding hydrogens is 350 g/mol. The van der Waals surface area contributed by atoms with Gasteiger partial charge in [-0.25, -0.2) is 0 Å². The Morgan fingerprint density at radius 3 is 2.88 bits per heavy atom. The maximum absolute atomic E-state index is 10.1. The second-order valence-electron chi connectivity index (χ2n) is 8.24. The molecule has 1 spiro atoms. The molecule has 4 rings (SSSR count). The molecule has 0 amide bonds. The van der Waals surface area contributed by atoms with Gasteiger partial charge in [-0.2, -0.15) is 0 Å². The fourth-order valence-corrected chi connectivity index (χ4v) is 5.26. The van der Waals surface area contributed by atoms with E-state index in [1.165, 1.54) is 22.4 Å². The Morgan fingerprint density at radius 1 is 1.50 bits per heavy atom. The van der Waals surface area contributed by atoms with Crippen molar-refractivity contribution < 1.29 is 27.0 Å². The average molecular weight is 378 g/mol. The van der Waals surface area contributed by atoms with Crippen molar-refractivity contribution in [2.24, 2.45) is 0 Å². The molecule has 26 heavy (non-hydrogen) atoms. The SMILES string of the molecule is C=C(C)C[N+]1(C)CCC23C=C[C@H](O)CC2Oc2c(OC)cc(C)c1c23.[Cl-]. The Kier molecular flexibility index (Phi) is 4.67. The summed E-state index contributed by atoms with van der Waals surface area (Å²) < 4.78 is 12.9. The molecule has 2 heterocycles. The summed E-state index contributed by atoms with van der Waals surface area (Å²) in [7, 11) is 4.00. The number of halogens is 1. The minimum Gasteiger partial charge on any atom is -1.00 e. The minimum absolute atomic E-state index is 0. The molecule has 0 bridgehead atoms. The summed E-state index contributed by atoms with van der Waals surface area (Å²) in [5, 5.41) is 10.1. The van der Waals surface area contributed by atoms with E-state index >= 15 is 0 Å². The summed E-state index contributed by atoms with van der Waals surface area (Å²) in [6.07, 6.45) is 5.34. The van der Waals surface area contributed by atoms with E-state index in [9.17, 15) is 5.11 Å². The molecule has 3 aliphatic rings. The second-order valence-corrected chi connectivity index (χ2v) is 8.24. The number of quaternary nitrogens is 1. The molecule has 4 nitrogen and oxygen atoms in total. The highest BCUT2D eigenvalue weighted by Crippen LogP contribution is 2.60. The Morgan fingerprint density at radius 2 is 2.23 bits per heavy atom. The summed E-state index contributed by atoms with van der Waals surface area (Å²) in [4.78, 5) is 0. The van der Waals surface area contributed by atoms with Crippen molar-refractivity contribution in [2.45, 2.75) is 44.3 Å². The number of hydrogen-bond donors (Lipinski definition) is 1. The summed E-state index contributed by atoms with van der Waals surface area (Å²) in [5.74, 6) is 1.68. The van der Waals surface area contributed by atoms with Crippen LogP contribution in [-0.4, -0.2) is 44.6 Å². The second kappa shape index (κ2) is 6.29. The van der Waals surface area contributed by atoms with Crippen LogP contribution < -0.4 is 26.4 Å². The number of likely N-dealkylation sites (N-methyl/N-ethyl adjacent to an activating group) is 1. The standard InChI is InChI=1S/C21H28NO3.ClH/c1-13(2)12-22(4)9-8-21-7-6-15(23)11-17(21)25-20-16(24-5)10-14(3)19(22)18(20)21;/h6-7,10,15,17,23H,1,8-9,11-12H2,2-5H3;1H/q+1;/p-1/t15-,17?,21?,22?;/m0./s1. The molecule has 0 fully saturated rings. The lowest BCUT2D eigenvalue weighted by molar-refractivity contribution is -0.00000992. The van der Waals surface area contributed by atoms with E-state index in [2.05, 4.69) is 39.6 Å².